The molecule has 1 heterocycles. The summed E-state index contributed by atoms with van der Waals surface area (Å²) < 4.78 is 0. The van der Waals surface area contributed by atoms with Gasteiger partial charge in [-0.25, -0.2) is 0 Å². The maximum atomic E-state index is 13.3. The monoisotopic (exact) mass is 352 g/mol. The van der Waals surface area contributed by atoms with Crippen molar-refractivity contribution in [2.24, 2.45) is 17.3 Å². The van der Waals surface area contributed by atoms with E-state index < -0.39 is 17.8 Å². The van der Waals surface area contributed by atoms with E-state index in [1.54, 1.807) is 4.90 Å². The quantitative estimate of drug-likeness (QED) is 0.769. The van der Waals surface area contributed by atoms with Gasteiger partial charge in [0, 0.05) is 24.1 Å². The highest BCUT2D eigenvalue weighted by Gasteiger charge is 2.43. The van der Waals surface area contributed by atoms with E-state index in [0.717, 1.165) is 31.4 Å². The Hall–Kier alpha value is -2.10. The molecular weight excluding hydrogens is 326 g/mol. The van der Waals surface area contributed by atoms with E-state index in [1.165, 1.54) is 16.7 Å². The van der Waals surface area contributed by atoms with Crippen LogP contribution in [0.25, 0.3) is 0 Å². The number of hydrogen-bond donors (Lipinski definition) is 0. The molecule has 2 aliphatic carbocycles. The van der Waals surface area contributed by atoms with Gasteiger partial charge in [0.1, 0.15) is 0 Å². The molecule has 4 nitrogen and oxygen atoms in total. The standard InChI is InChI=1S/C22H27NO3/c1-22(2)10-5-7-15-12-16(17(21(25)26)13-18(15)22)20(24)23-11-9-14-6-3-4-8-19(14)23/h3-4,6,8,16-17H,5,7,9-13H2,1-2H3,(H,25,26)/p-1/t16-,17+/m1/s1. The number of hydrogen-bond acceptors (Lipinski definition) is 3. The summed E-state index contributed by atoms with van der Waals surface area (Å²) in [4.78, 5) is 27.0. The molecule has 0 radical (unpaired) electrons. The van der Waals surface area contributed by atoms with E-state index in [0.29, 0.717) is 19.4 Å². The highest BCUT2D eigenvalue weighted by atomic mass is 16.4. The van der Waals surface area contributed by atoms with Gasteiger partial charge in [-0.1, -0.05) is 43.2 Å². The van der Waals surface area contributed by atoms with Crippen LogP contribution in [-0.4, -0.2) is 18.4 Å². The van der Waals surface area contributed by atoms with Crippen LogP contribution in [0.3, 0.4) is 0 Å². The Morgan fingerprint density at radius 2 is 1.88 bits per heavy atom. The fourth-order valence-electron chi connectivity index (χ4n) is 5.21. The van der Waals surface area contributed by atoms with Crippen molar-refractivity contribution < 1.29 is 14.7 Å². The number of nitrogens with zero attached hydrogens (tertiary/aromatic N) is 1. The van der Waals surface area contributed by atoms with E-state index >= 15 is 0 Å². The average Bonchev–Trinajstić information content (AvgIpc) is 3.04. The maximum absolute atomic E-state index is 13.3. The number of carboxylic acid groups (broad SMARTS) is 1. The molecule has 1 aromatic rings. The van der Waals surface area contributed by atoms with E-state index in [1.807, 2.05) is 24.3 Å². The summed E-state index contributed by atoms with van der Waals surface area (Å²) in [6.07, 6.45) is 5.09. The number of rotatable bonds is 2. The minimum absolute atomic E-state index is 0.0372. The number of fused-ring (bicyclic) bond motifs is 1. The van der Waals surface area contributed by atoms with E-state index in [2.05, 4.69) is 13.8 Å². The summed E-state index contributed by atoms with van der Waals surface area (Å²) in [7, 11) is 0. The summed E-state index contributed by atoms with van der Waals surface area (Å²) >= 11 is 0. The molecule has 0 spiro atoms. The molecule has 0 bridgehead atoms. The number of allylic oxidation sites excluding steroid dienone is 2. The smallest absolute Gasteiger partial charge is 0.231 e. The molecule has 0 saturated heterocycles. The van der Waals surface area contributed by atoms with Crippen LogP contribution >= 0.6 is 0 Å². The zero-order chi connectivity index (χ0) is 18.5. The van der Waals surface area contributed by atoms with Crippen molar-refractivity contribution in [3.8, 4) is 0 Å². The second-order valence-electron chi connectivity index (χ2n) is 8.63. The first-order valence-corrected chi connectivity index (χ1v) is 9.70. The van der Waals surface area contributed by atoms with Crippen molar-refractivity contribution in [3.63, 3.8) is 0 Å². The number of benzene rings is 1. The van der Waals surface area contributed by atoms with Gasteiger partial charge in [0.2, 0.25) is 5.91 Å². The molecule has 3 aliphatic rings. The Morgan fingerprint density at radius 1 is 1.12 bits per heavy atom. The Bertz CT molecular complexity index is 792. The van der Waals surface area contributed by atoms with Crippen molar-refractivity contribution in [2.45, 2.75) is 52.4 Å². The molecule has 0 N–H and O–H groups in total. The highest BCUT2D eigenvalue weighted by molar-refractivity contribution is 5.99. The third-order valence-electron chi connectivity index (χ3n) is 6.67. The number of amides is 1. The fraction of sp³-hybridized carbons (Fsp3) is 0.545. The van der Waals surface area contributed by atoms with Gasteiger partial charge < -0.3 is 14.8 Å². The largest absolute Gasteiger partial charge is 0.550 e. The normalized spacial score (nSPS) is 27.1. The molecule has 138 valence electrons. The molecule has 1 amide bonds. The summed E-state index contributed by atoms with van der Waals surface area (Å²) in [5, 5.41) is 11.9. The van der Waals surface area contributed by atoms with Gasteiger partial charge in [-0.15, -0.1) is 0 Å². The number of aliphatic carboxylic acids is 1. The number of carboxylic acids is 1. The van der Waals surface area contributed by atoms with Crippen LogP contribution in [0.4, 0.5) is 5.69 Å². The average molecular weight is 352 g/mol. The molecule has 4 heteroatoms. The van der Waals surface area contributed by atoms with Gasteiger partial charge >= 0.3 is 0 Å². The summed E-state index contributed by atoms with van der Waals surface area (Å²) in [6.45, 7) is 5.05. The van der Waals surface area contributed by atoms with Crippen molar-refractivity contribution in [1.82, 2.24) is 0 Å². The number of para-hydroxylation sites is 1. The third-order valence-corrected chi connectivity index (χ3v) is 6.67. The van der Waals surface area contributed by atoms with E-state index in [9.17, 15) is 14.7 Å². The van der Waals surface area contributed by atoms with Crippen molar-refractivity contribution >= 4 is 17.6 Å². The van der Waals surface area contributed by atoms with Crippen molar-refractivity contribution in [3.05, 3.63) is 41.0 Å². The SMILES string of the molecule is CC1(C)CCCC2=C1C[C@H](C(=O)[O-])[C@H](C(=O)N1CCc3ccccc31)C2. The molecule has 0 fully saturated rings. The van der Waals surface area contributed by atoms with Crippen LogP contribution in [-0.2, 0) is 16.0 Å². The molecule has 0 saturated carbocycles. The number of carbonyl (C=O) groups is 2. The lowest BCUT2D eigenvalue weighted by Gasteiger charge is -2.44. The molecule has 1 aromatic carbocycles. The molecular formula is C22H26NO3-. The Balaban J connectivity index is 1.66. The summed E-state index contributed by atoms with van der Waals surface area (Å²) in [6, 6.07) is 7.93. The number of anilines is 1. The second kappa shape index (κ2) is 6.26. The summed E-state index contributed by atoms with van der Waals surface area (Å²) in [5.41, 5.74) is 4.74. The molecule has 0 aromatic heterocycles. The minimum atomic E-state index is -1.08. The lowest BCUT2D eigenvalue weighted by Crippen LogP contribution is -2.47. The van der Waals surface area contributed by atoms with Crippen LogP contribution in [0.2, 0.25) is 0 Å². The van der Waals surface area contributed by atoms with Gasteiger partial charge in [-0.05, 0) is 55.6 Å². The molecule has 1 aliphatic heterocycles. The van der Waals surface area contributed by atoms with Gasteiger partial charge in [-0.3, -0.25) is 4.79 Å². The minimum Gasteiger partial charge on any atom is -0.550 e. The predicted octanol–water partition coefficient (Wildman–Crippen LogP) is 2.86. The summed E-state index contributed by atoms with van der Waals surface area (Å²) in [5.74, 6) is -2.34. The van der Waals surface area contributed by atoms with Gasteiger partial charge in [0.05, 0.1) is 5.92 Å². The highest BCUT2D eigenvalue weighted by Crippen LogP contribution is 2.50. The lowest BCUT2D eigenvalue weighted by atomic mass is 9.63. The first-order chi connectivity index (χ1) is 12.4. The Morgan fingerprint density at radius 3 is 2.65 bits per heavy atom. The first-order valence-electron chi connectivity index (χ1n) is 9.70. The molecule has 0 unspecified atom stereocenters. The maximum Gasteiger partial charge on any atom is 0.231 e. The Kier molecular flexibility index (Phi) is 4.17. The molecule has 26 heavy (non-hydrogen) atoms. The van der Waals surface area contributed by atoms with E-state index in [4.69, 9.17) is 0 Å². The van der Waals surface area contributed by atoms with E-state index in [-0.39, 0.29) is 11.3 Å². The van der Waals surface area contributed by atoms with Gasteiger partial charge in [0.25, 0.3) is 0 Å². The van der Waals surface area contributed by atoms with Crippen LogP contribution in [0.5, 0.6) is 0 Å². The van der Waals surface area contributed by atoms with Gasteiger partial charge in [0.15, 0.2) is 0 Å². The Labute approximate surface area is 154 Å². The molecule has 4 rings (SSSR count). The second-order valence-corrected chi connectivity index (χ2v) is 8.63. The van der Waals surface area contributed by atoms with Crippen LogP contribution in [0.1, 0.15) is 51.5 Å². The lowest BCUT2D eigenvalue weighted by molar-refractivity contribution is -0.313. The van der Waals surface area contributed by atoms with Crippen LogP contribution < -0.4 is 10.0 Å². The fourth-order valence-corrected chi connectivity index (χ4v) is 5.21. The number of carbonyl (C=O) groups excluding carboxylic acids is 2. The molecule has 2 atom stereocenters. The first kappa shape index (κ1) is 17.3. The van der Waals surface area contributed by atoms with Crippen molar-refractivity contribution in [1.29, 1.82) is 0 Å². The zero-order valence-corrected chi connectivity index (χ0v) is 15.6. The van der Waals surface area contributed by atoms with Gasteiger partial charge in [-0.2, -0.15) is 0 Å². The van der Waals surface area contributed by atoms with Crippen LogP contribution in [0, 0.1) is 17.3 Å². The topological polar surface area (TPSA) is 60.4 Å². The predicted molar refractivity (Wildman–Crippen MR) is 98.4 cm³/mol. The zero-order valence-electron chi connectivity index (χ0n) is 15.6. The van der Waals surface area contributed by atoms with Crippen molar-refractivity contribution in [2.75, 3.05) is 11.4 Å². The van der Waals surface area contributed by atoms with Crippen LogP contribution in [0.15, 0.2) is 35.4 Å². The third kappa shape index (κ3) is 2.76.